The number of rotatable bonds is 5. The molecule has 1 heterocycles. The smallest absolute Gasteiger partial charge is 0.180 e. The predicted octanol–water partition coefficient (Wildman–Crippen LogP) is 3.31. The first-order valence-electron chi connectivity index (χ1n) is 6.29. The van der Waals surface area contributed by atoms with Gasteiger partial charge in [-0.3, -0.25) is 4.90 Å². The zero-order chi connectivity index (χ0) is 12.4. The average molecular weight is 296 g/mol. The molecule has 1 fully saturated rings. The lowest BCUT2D eigenvalue weighted by molar-refractivity contribution is 0.248. The molecule has 1 aliphatic carbocycles. The largest absolute Gasteiger partial charge is 0.375 e. The van der Waals surface area contributed by atoms with Gasteiger partial charge >= 0.3 is 0 Å². The molecule has 0 saturated heterocycles. The highest BCUT2D eigenvalue weighted by Crippen LogP contribution is 2.31. The van der Waals surface area contributed by atoms with Crippen molar-refractivity contribution in [3.05, 3.63) is 47.0 Å². The van der Waals surface area contributed by atoms with Crippen molar-refractivity contribution in [3.8, 4) is 0 Å². The maximum absolute atomic E-state index is 5.69. The summed E-state index contributed by atoms with van der Waals surface area (Å²) in [5, 5.41) is 0.667. The molecule has 102 valence electrons. The maximum Gasteiger partial charge on any atom is 0.180 e. The quantitative estimate of drug-likeness (QED) is 0.920. The van der Waals surface area contributed by atoms with E-state index < -0.39 is 0 Å². The highest BCUT2D eigenvalue weighted by Gasteiger charge is 2.29. The van der Waals surface area contributed by atoms with E-state index in [1.54, 1.807) is 11.3 Å². The number of nitrogens with two attached hydrogens (primary N) is 1. The van der Waals surface area contributed by atoms with Crippen molar-refractivity contribution in [1.82, 2.24) is 9.88 Å². The lowest BCUT2D eigenvalue weighted by Crippen LogP contribution is -2.24. The molecule has 1 aromatic carbocycles. The summed E-state index contributed by atoms with van der Waals surface area (Å²) in [4.78, 5) is 7.92. The average Bonchev–Trinajstić information content (AvgIpc) is 3.15. The minimum absolute atomic E-state index is 0. The van der Waals surface area contributed by atoms with Crippen molar-refractivity contribution in [2.75, 3.05) is 5.73 Å². The van der Waals surface area contributed by atoms with E-state index in [1.807, 2.05) is 6.20 Å². The fraction of sp³-hybridized carbons (Fsp3) is 0.357. The molecular formula is C14H18ClN3S. The molecule has 0 spiro atoms. The summed E-state index contributed by atoms with van der Waals surface area (Å²) in [5.74, 6) is 0. The Hall–Kier alpha value is -1.10. The highest BCUT2D eigenvalue weighted by molar-refractivity contribution is 7.15. The zero-order valence-corrected chi connectivity index (χ0v) is 12.3. The van der Waals surface area contributed by atoms with Crippen LogP contribution in [-0.4, -0.2) is 15.9 Å². The molecule has 5 heteroatoms. The van der Waals surface area contributed by atoms with Gasteiger partial charge < -0.3 is 5.73 Å². The fourth-order valence-electron chi connectivity index (χ4n) is 2.17. The molecule has 0 aliphatic heterocycles. The van der Waals surface area contributed by atoms with Crippen LogP contribution in [-0.2, 0) is 13.1 Å². The van der Waals surface area contributed by atoms with Crippen LogP contribution in [0.2, 0.25) is 0 Å². The van der Waals surface area contributed by atoms with Crippen LogP contribution < -0.4 is 5.73 Å². The predicted molar refractivity (Wildman–Crippen MR) is 82.5 cm³/mol. The Morgan fingerprint density at radius 2 is 1.95 bits per heavy atom. The van der Waals surface area contributed by atoms with Crippen LogP contribution in [0, 0.1) is 0 Å². The number of nitrogens with zero attached hydrogens (tertiary/aromatic N) is 2. The van der Waals surface area contributed by atoms with Crippen molar-refractivity contribution in [2.45, 2.75) is 32.0 Å². The van der Waals surface area contributed by atoms with Gasteiger partial charge in [0.15, 0.2) is 5.13 Å². The summed E-state index contributed by atoms with van der Waals surface area (Å²) >= 11 is 1.60. The third-order valence-corrected chi connectivity index (χ3v) is 4.03. The van der Waals surface area contributed by atoms with Crippen molar-refractivity contribution in [3.63, 3.8) is 0 Å². The normalized spacial score (nSPS) is 14.4. The fourth-order valence-corrected chi connectivity index (χ4v) is 2.88. The molecule has 3 nitrogen and oxygen atoms in total. The molecular weight excluding hydrogens is 278 g/mol. The lowest BCUT2D eigenvalue weighted by Gasteiger charge is -2.21. The van der Waals surface area contributed by atoms with Gasteiger partial charge in [0.25, 0.3) is 0 Å². The number of aromatic nitrogens is 1. The van der Waals surface area contributed by atoms with Crippen LogP contribution in [0.25, 0.3) is 0 Å². The van der Waals surface area contributed by atoms with Crippen LogP contribution in [0.5, 0.6) is 0 Å². The standard InChI is InChI=1S/C14H17N3S.ClH/c15-14-16-8-13(18-14)10-17(12-6-7-12)9-11-4-2-1-3-5-11;/h1-5,8,12H,6-7,9-10H2,(H2,15,16);1H. The Balaban J connectivity index is 0.00000133. The Kier molecular flexibility index (Phi) is 4.80. The maximum atomic E-state index is 5.69. The first kappa shape index (κ1) is 14.3. The van der Waals surface area contributed by atoms with Gasteiger partial charge in [-0.1, -0.05) is 30.3 Å². The number of nitrogen functional groups attached to an aromatic ring is 1. The second-order valence-electron chi connectivity index (χ2n) is 4.79. The molecule has 2 aromatic rings. The minimum Gasteiger partial charge on any atom is -0.375 e. The SMILES string of the molecule is Cl.Nc1ncc(CN(Cc2ccccc2)C2CC2)s1. The van der Waals surface area contributed by atoms with Gasteiger partial charge in [0.1, 0.15) is 0 Å². The molecule has 0 bridgehead atoms. The summed E-state index contributed by atoms with van der Waals surface area (Å²) in [6.07, 6.45) is 4.54. The van der Waals surface area contributed by atoms with Crippen molar-refractivity contribution in [1.29, 1.82) is 0 Å². The van der Waals surface area contributed by atoms with E-state index in [-0.39, 0.29) is 12.4 Å². The molecule has 2 N–H and O–H groups in total. The molecule has 19 heavy (non-hydrogen) atoms. The van der Waals surface area contributed by atoms with Crippen molar-refractivity contribution in [2.24, 2.45) is 0 Å². The van der Waals surface area contributed by atoms with E-state index in [0.29, 0.717) is 5.13 Å². The summed E-state index contributed by atoms with van der Waals surface area (Å²) in [6, 6.07) is 11.4. The van der Waals surface area contributed by atoms with E-state index in [4.69, 9.17) is 5.73 Å². The van der Waals surface area contributed by atoms with Gasteiger partial charge in [-0.05, 0) is 18.4 Å². The second-order valence-corrected chi connectivity index (χ2v) is 5.93. The van der Waals surface area contributed by atoms with Gasteiger partial charge in [0, 0.05) is 30.2 Å². The van der Waals surface area contributed by atoms with E-state index in [9.17, 15) is 0 Å². The third kappa shape index (κ3) is 3.93. The van der Waals surface area contributed by atoms with E-state index in [1.165, 1.54) is 23.3 Å². The van der Waals surface area contributed by atoms with Crippen LogP contribution in [0.1, 0.15) is 23.3 Å². The van der Waals surface area contributed by atoms with Crippen molar-refractivity contribution >= 4 is 28.9 Å². The third-order valence-electron chi connectivity index (χ3n) is 3.22. The van der Waals surface area contributed by atoms with Crippen LogP contribution in [0.15, 0.2) is 36.5 Å². The van der Waals surface area contributed by atoms with E-state index >= 15 is 0 Å². The Labute approximate surface area is 123 Å². The monoisotopic (exact) mass is 295 g/mol. The Morgan fingerprint density at radius 3 is 2.53 bits per heavy atom. The number of hydrogen-bond acceptors (Lipinski definition) is 4. The molecule has 0 radical (unpaired) electrons. The number of halogens is 1. The molecule has 1 saturated carbocycles. The molecule has 0 atom stereocenters. The van der Waals surface area contributed by atoms with Gasteiger partial charge in [-0.2, -0.15) is 0 Å². The molecule has 1 aliphatic rings. The first-order valence-corrected chi connectivity index (χ1v) is 7.11. The summed E-state index contributed by atoms with van der Waals surface area (Å²) in [7, 11) is 0. The molecule has 3 rings (SSSR count). The highest BCUT2D eigenvalue weighted by atomic mass is 35.5. The van der Waals surface area contributed by atoms with Gasteiger partial charge in [-0.15, -0.1) is 23.7 Å². The van der Waals surface area contributed by atoms with E-state index in [2.05, 4.69) is 40.2 Å². The lowest BCUT2D eigenvalue weighted by atomic mass is 10.2. The van der Waals surface area contributed by atoms with Crippen LogP contribution >= 0.6 is 23.7 Å². The molecule has 0 unspecified atom stereocenters. The number of anilines is 1. The molecule has 0 amide bonds. The van der Waals surface area contributed by atoms with Crippen LogP contribution in [0.4, 0.5) is 5.13 Å². The number of hydrogen-bond donors (Lipinski definition) is 1. The summed E-state index contributed by atoms with van der Waals surface area (Å²) in [6.45, 7) is 1.98. The van der Waals surface area contributed by atoms with Gasteiger partial charge in [0.2, 0.25) is 0 Å². The van der Waals surface area contributed by atoms with Gasteiger partial charge in [0.05, 0.1) is 0 Å². The topological polar surface area (TPSA) is 42.1 Å². The zero-order valence-electron chi connectivity index (χ0n) is 10.7. The summed E-state index contributed by atoms with van der Waals surface area (Å²) < 4.78 is 0. The number of benzene rings is 1. The number of thiazole rings is 1. The molecule has 1 aromatic heterocycles. The summed E-state index contributed by atoms with van der Waals surface area (Å²) in [5.41, 5.74) is 7.06. The van der Waals surface area contributed by atoms with E-state index in [0.717, 1.165) is 19.1 Å². The Bertz CT molecular complexity index is 510. The van der Waals surface area contributed by atoms with Crippen LogP contribution in [0.3, 0.4) is 0 Å². The second kappa shape index (κ2) is 6.37. The Morgan fingerprint density at radius 1 is 1.21 bits per heavy atom. The van der Waals surface area contributed by atoms with Gasteiger partial charge in [-0.25, -0.2) is 4.98 Å². The minimum atomic E-state index is 0. The van der Waals surface area contributed by atoms with Crippen molar-refractivity contribution < 1.29 is 0 Å². The first-order chi connectivity index (χ1) is 8.81.